The zero-order chi connectivity index (χ0) is 13.1. The molecule has 1 fully saturated rings. The minimum Gasteiger partial charge on any atom is -0.337 e. The topological polar surface area (TPSA) is 32.3 Å². The Kier molecular flexibility index (Phi) is 3.91. The van der Waals surface area contributed by atoms with Gasteiger partial charge in [-0.25, -0.2) is 8.78 Å². The molecule has 0 radical (unpaired) electrons. The molecule has 1 aromatic carbocycles. The quantitative estimate of drug-likeness (QED) is 0.870. The number of nitrogens with one attached hydrogen (secondary N) is 1. The molecule has 0 spiro atoms. The molecule has 1 aliphatic rings. The van der Waals surface area contributed by atoms with Gasteiger partial charge in [-0.2, -0.15) is 0 Å². The van der Waals surface area contributed by atoms with Gasteiger partial charge in [0, 0.05) is 12.1 Å². The Labute approximate surface area is 105 Å². The highest BCUT2D eigenvalue weighted by molar-refractivity contribution is 5.81. The Morgan fingerprint density at radius 1 is 1.39 bits per heavy atom. The Balaban J connectivity index is 2.19. The van der Waals surface area contributed by atoms with Crippen molar-refractivity contribution in [2.75, 3.05) is 13.1 Å². The molecule has 1 aromatic rings. The number of benzene rings is 1. The Morgan fingerprint density at radius 2 is 2.06 bits per heavy atom. The molecule has 1 unspecified atom stereocenters. The first-order valence-electron chi connectivity index (χ1n) is 6.04. The summed E-state index contributed by atoms with van der Waals surface area (Å²) in [6.07, 6.45) is 0.784. The summed E-state index contributed by atoms with van der Waals surface area (Å²) >= 11 is 0. The maximum atomic E-state index is 13.5. The van der Waals surface area contributed by atoms with Gasteiger partial charge >= 0.3 is 0 Å². The van der Waals surface area contributed by atoms with Crippen LogP contribution < -0.4 is 5.32 Å². The lowest BCUT2D eigenvalue weighted by Crippen LogP contribution is -2.41. The first-order chi connectivity index (χ1) is 8.59. The number of hydrogen-bond donors (Lipinski definition) is 1. The second-order valence-corrected chi connectivity index (χ2v) is 4.49. The third-order valence-electron chi connectivity index (χ3n) is 3.15. The second kappa shape index (κ2) is 5.44. The molecule has 1 aliphatic heterocycles. The van der Waals surface area contributed by atoms with Crippen LogP contribution in [0.15, 0.2) is 18.2 Å². The van der Waals surface area contributed by atoms with E-state index in [9.17, 15) is 13.6 Å². The number of rotatable bonds is 2. The van der Waals surface area contributed by atoms with Crippen LogP contribution in [0.5, 0.6) is 0 Å². The zero-order valence-corrected chi connectivity index (χ0v) is 10.2. The van der Waals surface area contributed by atoms with Gasteiger partial charge in [-0.3, -0.25) is 4.79 Å². The number of carbonyl (C=O) groups excluding carboxylic acids is 1. The van der Waals surface area contributed by atoms with E-state index in [0.29, 0.717) is 6.54 Å². The van der Waals surface area contributed by atoms with Crippen LogP contribution in [0.25, 0.3) is 0 Å². The van der Waals surface area contributed by atoms with Crippen LogP contribution in [-0.2, 0) is 11.3 Å². The van der Waals surface area contributed by atoms with Crippen molar-refractivity contribution in [2.24, 2.45) is 0 Å². The highest BCUT2D eigenvalue weighted by atomic mass is 19.1. The first-order valence-corrected chi connectivity index (χ1v) is 6.04. The Bertz CT molecular complexity index is 430. The van der Waals surface area contributed by atoms with Gasteiger partial charge < -0.3 is 10.2 Å². The fourth-order valence-electron chi connectivity index (χ4n) is 2.09. The fourth-order valence-corrected chi connectivity index (χ4v) is 2.09. The van der Waals surface area contributed by atoms with E-state index in [1.165, 1.54) is 23.1 Å². The molecule has 18 heavy (non-hydrogen) atoms. The summed E-state index contributed by atoms with van der Waals surface area (Å²) < 4.78 is 27.1. The van der Waals surface area contributed by atoms with E-state index in [0.717, 1.165) is 13.0 Å². The van der Waals surface area contributed by atoms with E-state index in [-0.39, 0.29) is 24.1 Å². The van der Waals surface area contributed by atoms with Crippen molar-refractivity contribution < 1.29 is 13.6 Å². The molecule has 0 aliphatic carbocycles. The molecular weight excluding hydrogens is 238 g/mol. The van der Waals surface area contributed by atoms with Gasteiger partial charge in [-0.15, -0.1) is 0 Å². The zero-order valence-electron chi connectivity index (χ0n) is 10.2. The first kappa shape index (κ1) is 13.0. The highest BCUT2D eigenvalue weighted by Crippen LogP contribution is 2.16. The molecule has 1 N–H and O–H groups in total. The van der Waals surface area contributed by atoms with Crippen LogP contribution in [0.1, 0.15) is 18.9 Å². The van der Waals surface area contributed by atoms with Crippen molar-refractivity contribution in [2.45, 2.75) is 25.9 Å². The fraction of sp³-hybridized carbons (Fsp3) is 0.462. The molecule has 1 amide bonds. The van der Waals surface area contributed by atoms with E-state index < -0.39 is 11.6 Å². The summed E-state index contributed by atoms with van der Waals surface area (Å²) in [5, 5.41) is 3.06. The molecule has 98 valence electrons. The number of hydrogen-bond acceptors (Lipinski definition) is 2. The van der Waals surface area contributed by atoms with Crippen LogP contribution in [0, 0.1) is 11.6 Å². The molecule has 1 heterocycles. The van der Waals surface area contributed by atoms with Crippen molar-refractivity contribution in [3.63, 3.8) is 0 Å². The second-order valence-electron chi connectivity index (χ2n) is 4.49. The van der Waals surface area contributed by atoms with Gasteiger partial charge in [-0.05, 0) is 32.0 Å². The van der Waals surface area contributed by atoms with E-state index in [2.05, 4.69) is 5.32 Å². The molecule has 0 bridgehead atoms. The van der Waals surface area contributed by atoms with Crippen LogP contribution in [0.4, 0.5) is 8.78 Å². The van der Waals surface area contributed by atoms with Crippen LogP contribution in [-0.4, -0.2) is 29.9 Å². The third-order valence-corrected chi connectivity index (χ3v) is 3.15. The molecule has 2 rings (SSSR count). The number of nitrogens with zero attached hydrogens (tertiary/aromatic N) is 1. The van der Waals surface area contributed by atoms with E-state index in [4.69, 9.17) is 0 Å². The van der Waals surface area contributed by atoms with Gasteiger partial charge in [0.1, 0.15) is 11.6 Å². The summed E-state index contributed by atoms with van der Waals surface area (Å²) in [5.41, 5.74) is -0.0417. The smallest absolute Gasteiger partial charge is 0.239 e. The largest absolute Gasteiger partial charge is 0.337 e. The summed E-state index contributed by atoms with van der Waals surface area (Å²) in [4.78, 5) is 13.5. The standard InChI is InChI=1S/C13H16F2N2O/c1-9-13(18)17(7-3-6-16-9)8-10-11(14)4-2-5-12(10)15/h2,4-5,9,16H,3,6-8H2,1H3. The predicted molar refractivity (Wildman–Crippen MR) is 63.9 cm³/mol. The van der Waals surface area contributed by atoms with Crippen LogP contribution >= 0.6 is 0 Å². The molecule has 3 nitrogen and oxygen atoms in total. The Morgan fingerprint density at radius 3 is 2.72 bits per heavy atom. The van der Waals surface area contributed by atoms with Crippen molar-refractivity contribution in [3.05, 3.63) is 35.4 Å². The monoisotopic (exact) mass is 254 g/mol. The lowest BCUT2D eigenvalue weighted by Gasteiger charge is -2.23. The normalized spacial score (nSPS) is 20.9. The number of amides is 1. The Hall–Kier alpha value is -1.49. The van der Waals surface area contributed by atoms with Gasteiger partial charge in [0.15, 0.2) is 0 Å². The summed E-state index contributed by atoms with van der Waals surface area (Å²) in [6, 6.07) is 3.44. The van der Waals surface area contributed by atoms with Crippen molar-refractivity contribution >= 4 is 5.91 Å². The molecule has 5 heteroatoms. The van der Waals surface area contributed by atoms with Crippen LogP contribution in [0.3, 0.4) is 0 Å². The van der Waals surface area contributed by atoms with Crippen LogP contribution in [0.2, 0.25) is 0 Å². The number of carbonyl (C=O) groups is 1. The van der Waals surface area contributed by atoms with E-state index in [1.807, 2.05) is 0 Å². The van der Waals surface area contributed by atoms with Crippen molar-refractivity contribution in [1.29, 1.82) is 0 Å². The summed E-state index contributed by atoms with van der Waals surface area (Å²) in [5.74, 6) is -1.32. The van der Waals surface area contributed by atoms with E-state index in [1.54, 1.807) is 6.92 Å². The summed E-state index contributed by atoms with van der Waals surface area (Å²) in [6.45, 7) is 3.01. The number of halogens is 2. The molecule has 1 saturated heterocycles. The minimum absolute atomic E-state index is 0.0106. The predicted octanol–water partition coefficient (Wildman–Crippen LogP) is 1.68. The molecule has 0 saturated carbocycles. The average molecular weight is 254 g/mol. The average Bonchev–Trinajstić information content (AvgIpc) is 2.49. The molecule has 0 aromatic heterocycles. The highest BCUT2D eigenvalue weighted by Gasteiger charge is 2.24. The van der Waals surface area contributed by atoms with Gasteiger partial charge in [0.2, 0.25) is 5.91 Å². The lowest BCUT2D eigenvalue weighted by atomic mass is 10.1. The van der Waals surface area contributed by atoms with E-state index >= 15 is 0 Å². The van der Waals surface area contributed by atoms with Gasteiger partial charge in [-0.1, -0.05) is 6.07 Å². The molecule has 1 atom stereocenters. The maximum absolute atomic E-state index is 13.5. The van der Waals surface area contributed by atoms with Crippen molar-refractivity contribution in [1.82, 2.24) is 10.2 Å². The third kappa shape index (κ3) is 2.67. The minimum atomic E-state index is -0.604. The van der Waals surface area contributed by atoms with Gasteiger partial charge in [0.25, 0.3) is 0 Å². The maximum Gasteiger partial charge on any atom is 0.239 e. The SMILES string of the molecule is CC1NCCCN(Cc2c(F)cccc2F)C1=O. The van der Waals surface area contributed by atoms with Crippen molar-refractivity contribution in [3.8, 4) is 0 Å². The lowest BCUT2D eigenvalue weighted by molar-refractivity contribution is -0.132. The van der Waals surface area contributed by atoms with Gasteiger partial charge in [0.05, 0.1) is 12.6 Å². The summed E-state index contributed by atoms with van der Waals surface area (Å²) in [7, 11) is 0. The molecular formula is C13H16F2N2O.